The van der Waals surface area contributed by atoms with Gasteiger partial charge in [-0.2, -0.15) is 0 Å². The summed E-state index contributed by atoms with van der Waals surface area (Å²) in [5.74, 6) is 3.09. The van der Waals surface area contributed by atoms with Crippen LogP contribution >= 0.6 is 11.8 Å². The van der Waals surface area contributed by atoms with Crippen molar-refractivity contribution in [2.24, 2.45) is 0 Å². The van der Waals surface area contributed by atoms with Gasteiger partial charge < -0.3 is 23.8 Å². The predicted molar refractivity (Wildman–Crippen MR) is 136 cm³/mol. The molecule has 0 radical (unpaired) electrons. The summed E-state index contributed by atoms with van der Waals surface area (Å²) in [6, 6.07) is 14.3. The van der Waals surface area contributed by atoms with Crippen LogP contribution < -0.4 is 29.2 Å². The van der Waals surface area contributed by atoms with Gasteiger partial charge >= 0.3 is 0 Å². The number of nitrogens with one attached hydrogen (secondary N) is 1. The first-order valence-corrected chi connectivity index (χ1v) is 11.7. The molecule has 11 heteroatoms. The fourth-order valence-electron chi connectivity index (χ4n) is 3.24. The second kappa shape index (κ2) is 11.5. The molecule has 1 saturated heterocycles. The largest absolute Gasteiger partial charge is 0.493 e. The third-order valence-electron chi connectivity index (χ3n) is 5.11. The lowest BCUT2D eigenvalue weighted by Gasteiger charge is -2.18. The standard InChI is InChI=1S/C25H24N4O6S/c1-29(10-11-34-17-6-4-16(5-7-17)12-21-24(30)28-25(31)36-21)22-14-23(27-15-26-22)35-18-8-9-19(32-2)20(13-18)33-3/h4-9,12-15H,10-11H2,1-3H3,(H,28,30,31)/b21-12-. The van der Waals surface area contributed by atoms with Crippen LogP contribution in [0.15, 0.2) is 59.8 Å². The van der Waals surface area contributed by atoms with Crippen LogP contribution in [0.5, 0.6) is 28.9 Å². The lowest BCUT2D eigenvalue weighted by molar-refractivity contribution is -0.115. The molecule has 1 N–H and O–H groups in total. The maximum atomic E-state index is 11.7. The Bertz CT molecular complexity index is 1280. The lowest BCUT2D eigenvalue weighted by atomic mass is 10.2. The maximum absolute atomic E-state index is 11.7. The third kappa shape index (κ3) is 6.25. The second-order valence-electron chi connectivity index (χ2n) is 7.52. The van der Waals surface area contributed by atoms with Gasteiger partial charge in [-0.05, 0) is 47.7 Å². The van der Waals surface area contributed by atoms with E-state index in [2.05, 4.69) is 15.3 Å². The summed E-state index contributed by atoms with van der Waals surface area (Å²) in [4.78, 5) is 33.7. The molecule has 2 amide bonds. The van der Waals surface area contributed by atoms with Crippen molar-refractivity contribution in [3.05, 3.63) is 65.3 Å². The van der Waals surface area contributed by atoms with E-state index in [4.69, 9.17) is 18.9 Å². The number of carbonyl (C=O) groups excluding carboxylic acids is 2. The van der Waals surface area contributed by atoms with Crippen LogP contribution in [0.4, 0.5) is 10.6 Å². The number of imide groups is 1. The normalized spacial score (nSPS) is 13.9. The topological polar surface area (TPSA) is 112 Å². The lowest BCUT2D eigenvalue weighted by Crippen LogP contribution is -2.24. The fourth-order valence-corrected chi connectivity index (χ4v) is 3.93. The number of nitrogens with zero attached hydrogens (tertiary/aromatic N) is 3. The molecular weight excluding hydrogens is 484 g/mol. The van der Waals surface area contributed by atoms with E-state index in [-0.39, 0.29) is 11.1 Å². The summed E-state index contributed by atoms with van der Waals surface area (Å²) in [5, 5.41) is 1.87. The number of thioether (sulfide) groups is 1. The number of benzene rings is 2. The second-order valence-corrected chi connectivity index (χ2v) is 8.54. The van der Waals surface area contributed by atoms with Gasteiger partial charge in [-0.25, -0.2) is 9.97 Å². The average Bonchev–Trinajstić information content (AvgIpc) is 3.21. The van der Waals surface area contributed by atoms with E-state index in [0.29, 0.717) is 52.8 Å². The van der Waals surface area contributed by atoms with Crippen LogP contribution in [-0.2, 0) is 4.79 Å². The molecule has 10 nitrogen and oxygen atoms in total. The van der Waals surface area contributed by atoms with Crippen molar-refractivity contribution in [1.82, 2.24) is 15.3 Å². The summed E-state index contributed by atoms with van der Waals surface area (Å²) in [6.07, 6.45) is 3.10. The van der Waals surface area contributed by atoms with Gasteiger partial charge in [0.05, 0.1) is 25.7 Å². The molecule has 0 spiro atoms. The highest BCUT2D eigenvalue weighted by molar-refractivity contribution is 8.18. The number of hydrogen-bond donors (Lipinski definition) is 1. The third-order valence-corrected chi connectivity index (χ3v) is 5.92. The molecule has 0 bridgehead atoms. The first-order valence-electron chi connectivity index (χ1n) is 10.9. The fraction of sp³-hybridized carbons (Fsp3) is 0.200. The number of likely N-dealkylation sites (N-methyl/N-ethyl adjacent to an activating group) is 1. The molecule has 0 atom stereocenters. The van der Waals surface area contributed by atoms with E-state index in [1.165, 1.54) is 6.33 Å². The van der Waals surface area contributed by atoms with E-state index >= 15 is 0 Å². The van der Waals surface area contributed by atoms with E-state index in [9.17, 15) is 9.59 Å². The monoisotopic (exact) mass is 508 g/mol. The molecule has 1 fully saturated rings. The first-order chi connectivity index (χ1) is 17.4. The molecule has 186 valence electrons. The van der Waals surface area contributed by atoms with Crippen LogP contribution in [0.2, 0.25) is 0 Å². The highest BCUT2D eigenvalue weighted by Gasteiger charge is 2.24. The van der Waals surface area contributed by atoms with Gasteiger partial charge in [-0.3, -0.25) is 14.9 Å². The zero-order chi connectivity index (χ0) is 25.5. The van der Waals surface area contributed by atoms with Gasteiger partial charge in [0.25, 0.3) is 11.1 Å². The smallest absolute Gasteiger partial charge is 0.290 e. The number of hydrogen-bond acceptors (Lipinski definition) is 10. The van der Waals surface area contributed by atoms with Crippen LogP contribution in [-0.4, -0.2) is 55.5 Å². The number of carbonyl (C=O) groups is 2. The Labute approximate surface area is 212 Å². The number of methoxy groups -OCH3 is 2. The Balaban J connectivity index is 1.30. The Morgan fingerprint density at radius 1 is 0.972 bits per heavy atom. The average molecular weight is 509 g/mol. The Hall–Kier alpha value is -4.25. The van der Waals surface area contributed by atoms with Crippen molar-refractivity contribution < 1.29 is 28.5 Å². The number of rotatable bonds is 10. The van der Waals surface area contributed by atoms with Gasteiger partial charge in [-0.15, -0.1) is 0 Å². The molecule has 1 aliphatic rings. The van der Waals surface area contributed by atoms with Crippen LogP contribution in [0.25, 0.3) is 6.08 Å². The van der Waals surface area contributed by atoms with E-state index < -0.39 is 0 Å². The Kier molecular flexibility index (Phi) is 7.91. The SMILES string of the molecule is COc1ccc(Oc2cc(N(C)CCOc3ccc(/C=C4\SC(=O)NC4=O)cc3)ncn2)cc1OC. The molecule has 0 saturated carbocycles. The zero-order valence-corrected chi connectivity index (χ0v) is 20.7. The number of aromatic nitrogens is 2. The maximum Gasteiger partial charge on any atom is 0.290 e. The van der Waals surface area contributed by atoms with Crippen LogP contribution in [0.3, 0.4) is 0 Å². The van der Waals surface area contributed by atoms with Crippen molar-refractivity contribution >= 4 is 34.8 Å². The van der Waals surface area contributed by atoms with E-state index in [1.807, 2.05) is 36.2 Å². The summed E-state index contributed by atoms with van der Waals surface area (Å²) >= 11 is 0.887. The molecular formula is C25H24N4O6S. The Morgan fingerprint density at radius 3 is 2.42 bits per heavy atom. The quantitative estimate of drug-likeness (QED) is 0.401. The highest BCUT2D eigenvalue weighted by Crippen LogP contribution is 2.33. The predicted octanol–water partition coefficient (Wildman–Crippen LogP) is 4.13. The number of anilines is 1. The van der Waals surface area contributed by atoms with Crippen molar-refractivity contribution in [3.8, 4) is 28.9 Å². The summed E-state index contributed by atoms with van der Waals surface area (Å²) in [7, 11) is 5.03. The van der Waals surface area contributed by atoms with E-state index in [1.54, 1.807) is 44.6 Å². The Morgan fingerprint density at radius 2 is 1.72 bits per heavy atom. The zero-order valence-electron chi connectivity index (χ0n) is 19.9. The van der Waals surface area contributed by atoms with Gasteiger partial charge in [0.2, 0.25) is 5.88 Å². The highest BCUT2D eigenvalue weighted by atomic mass is 32.2. The van der Waals surface area contributed by atoms with Gasteiger partial charge in [-0.1, -0.05) is 12.1 Å². The molecule has 2 aromatic carbocycles. The molecule has 2 heterocycles. The molecule has 36 heavy (non-hydrogen) atoms. The first kappa shape index (κ1) is 24.9. The van der Waals surface area contributed by atoms with Gasteiger partial charge in [0.15, 0.2) is 11.5 Å². The summed E-state index contributed by atoms with van der Waals surface area (Å²) < 4.78 is 22.3. The van der Waals surface area contributed by atoms with Gasteiger partial charge in [0, 0.05) is 19.2 Å². The minimum Gasteiger partial charge on any atom is -0.493 e. The summed E-state index contributed by atoms with van der Waals surface area (Å²) in [5.41, 5.74) is 0.801. The minimum atomic E-state index is -0.379. The minimum absolute atomic E-state index is 0.362. The molecule has 1 aliphatic heterocycles. The molecule has 0 aliphatic carbocycles. The number of ether oxygens (including phenoxy) is 4. The van der Waals surface area contributed by atoms with Crippen molar-refractivity contribution in [3.63, 3.8) is 0 Å². The van der Waals surface area contributed by atoms with Crippen molar-refractivity contribution in [2.45, 2.75) is 0 Å². The van der Waals surface area contributed by atoms with Crippen molar-refractivity contribution in [2.75, 3.05) is 39.3 Å². The van der Waals surface area contributed by atoms with E-state index in [0.717, 1.165) is 17.3 Å². The van der Waals surface area contributed by atoms with Gasteiger partial charge in [0.1, 0.15) is 30.3 Å². The molecule has 1 aromatic heterocycles. The molecule has 0 unspecified atom stereocenters. The van der Waals surface area contributed by atoms with Crippen molar-refractivity contribution in [1.29, 1.82) is 0 Å². The number of amides is 2. The van der Waals surface area contributed by atoms with Crippen LogP contribution in [0.1, 0.15) is 5.56 Å². The molecule has 3 aromatic rings. The van der Waals surface area contributed by atoms with Crippen LogP contribution in [0, 0.1) is 0 Å². The molecule has 4 rings (SSSR count). The summed E-state index contributed by atoms with van der Waals surface area (Å²) in [6.45, 7) is 0.983.